The average molecular weight is 466 g/mol. The van der Waals surface area contributed by atoms with E-state index in [-0.39, 0.29) is 23.6 Å². The number of aromatic nitrogens is 4. The summed E-state index contributed by atoms with van der Waals surface area (Å²) in [5, 5.41) is 2.99. The quantitative estimate of drug-likeness (QED) is 0.530. The fourth-order valence-corrected chi connectivity index (χ4v) is 4.80. The van der Waals surface area contributed by atoms with Crippen molar-refractivity contribution in [3.8, 4) is 0 Å². The summed E-state index contributed by atoms with van der Waals surface area (Å²) >= 11 is 0. The van der Waals surface area contributed by atoms with Crippen LogP contribution in [0.2, 0.25) is 0 Å². The number of imidazole rings is 1. The van der Waals surface area contributed by atoms with Crippen LogP contribution in [0, 0.1) is 11.8 Å². The Labute approximate surface area is 200 Å². The van der Waals surface area contributed by atoms with Gasteiger partial charge in [0, 0.05) is 50.2 Å². The van der Waals surface area contributed by atoms with Crippen molar-refractivity contribution in [3.05, 3.63) is 47.1 Å². The molecule has 9 heteroatoms. The van der Waals surface area contributed by atoms with Crippen molar-refractivity contribution in [1.29, 1.82) is 0 Å². The molecule has 0 spiro atoms. The largest absolute Gasteiger partial charge is 0.358 e. The highest BCUT2D eigenvalue weighted by molar-refractivity contribution is 5.92. The first kappa shape index (κ1) is 23.9. The normalized spacial score (nSPS) is 19.3. The van der Waals surface area contributed by atoms with Crippen molar-refractivity contribution in [2.75, 3.05) is 44.4 Å². The Bertz CT molecular complexity index is 1160. The van der Waals surface area contributed by atoms with Gasteiger partial charge in [0.05, 0.1) is 5.52 Å². The Kier molecular flexibility index (Phi) is 7.31. The molecule has 1 saturated carbocycles. The zero-order valence-electron chi connectivity index (χ0n) is 20.5. The van der Waals surface area contributed by atoms with Gasteiger partial charge in [0.2, 0.25) is 5.91 Å². The molecule has 9 nitrogen and oxygen atoms in total. The number of pyridine rings is 2. The van der Waals surface area contributed by atoms with Gasteiger partial charge < -0.3 is 20.1 Å². The molecule has 0 bridgehead atoms. The number of hydrogen-bond acceptors (Lipinski definition) is 6. The fraction of sp³-hybridized carbons (Fsp3) is 0.520. The molecule has 1 amide bonds. The van der Waals surface area contributed by atoms with Crippen LogP contribution in [-0.4, -0.2) is 64.6 Å². The molecule has 34 heavy (non-hydrogen) atoms. The zero-order chi connectivity index (χ0) is 24.2. The molecule has 1 unspecified atom stereocenters. The van der Waals surface area contributed by atoms with E-state index in [1.54, 1.807) is 29.1 Å². The maximum absolute atomic E-state index is 12.9. The Morgan fingerprint density at radius 3 is 2.50 bits per heavy atom. The van der Waals surface area contributed by atoms with E-state index in [0.717, 1.165) is 55.8 Å². The minimum atomic E-state index is -0.124. The van der Waals surface area contributed by atoms with Gasteiger partial charge in [-0.3, -0.25) is 14.3 Å². The van der Waals surface area contributed by atoms with Crippen LogP contribution in [0.15, 0.2) is 41.5 Å². The first-order valence-corrected chi connectivity index (χ1v) is 12.0. The lowest BCUT2D eigenvalue weighted by molar-refractivity contribution is -0.121. The molecule has 3 aromatic heterocycles. The van der Waals surface area contributed by atoms with Crippen LogP contribution in [0.3, 0.4) is 0 Å². The van der Waals surface area contributed by atoms with Gasteiger partial charge in [0.15, 0.2) is 5.65 Å². The number of likely N-dealkylation sites (N-methyl/N-ethyl adjacent to an activating group) is 2. The minimum Gasteiger partial charge on any atom is -0.358 e. The number of rotatable bonds is 8. The van der Waals surface area contributed by atoms with E-state index in [4.69, 9.17) is 4.98 Å². The van der Waals surface area contributed by atoms with Crippen LogP contribution in [-0.2, 0) is 4.79 Å². The lowest BCUT2D eigenvalue weighted by Crippen LogP contribution is -2.32. The number of hydrogen-bond donors (Lipinski definition) is 2. The van der Waals surface area contributed by atoms with Crippen molar-refractivity contribution in [3.63, 3.8) is 0 Å². The van der Waals surface area contributed by atoms with E-state index in [1.165, 1.54) is 0 Å². The molecule has 0 aliphatic heterocycles. The SMILES string of the molecule is CC([C@H]1CC[C@H](C(=O)Nc2ccncc2)CC1)n1c(=O)[nH]c2ccc(N(C)CCN(C)C)nc21. The number of nitrogens with one attached hydrogen (secondary N) is 2. The smallest absolute Gasteiger partial charge is 0.327 e. The zero-order valence-corrected chi connectivity index (χ0v) is 20.5. The molecule has 0 radical (unpaired) electrons. The summed E-state index contributed by atoms with van der Waals surface area (Å²) in [6.07, 6.45) is 6.78. The molecule has 1 aliphatic rings. The average Bonchev–Trinajstić information content (AvgIpc) is 3.17. The topological polar surface area (TPSA) is 99.1 Å². The van der Waals surface area contributed by atoms with Crippen LogP contribution < -0.4 is 15.9 Å². The second-order valence-corrected chi connectivity index (χ2v) is 9.64. The van der Waals surface area contributed by atoms with Crippen LogP contribution in [0.25, 0.3) is 11.2 Å². The molecule has 1 fully saturated rings. The summed E-state index contributed by atoms with van der Waals surface area (Å²) in [6.45, 7) is 3.87. The standard InChI is InChI=1S/C25H35N7O2/c1-17(18-5-7-19(8-6-18)24(33)27-20-11-13-26-14-12-20)32-23-21(28-25(32)34)9-10-22(29-23)31(4)16-15-30(2)3/h9-14,17-19H,5-8,15-16H2,1-4H3,(H,28,34)(H,26,27,33)/t17?,18-,19-. The Balaban J connectivity index is 1.45. The van der Waals surface area contributed by atoms with E-state index in [2.05, 4.69) is 32.0 Å². The number of nitrogens with zero attached hydrogens (tertiary/aromatic N) is 5. The molecule has 0 aromatic carbocycles. The van der Waals surface area contributed by atoms with Crippen LogP contribution in [0.5, 0.6) is 0 Å². The molecule has 182 valence electrons. The van der Waals surface area contributed by atoms with E-state index in [1.807, 2.05) is 33.3 Å². The minimum absolute atomic E-state index is 0.000269. The molecule has 3 aromatic rings. The van der Waals surface area contributed by atoms with Gasteiger partial charge in [0.25, 0.3) is 0 Å². The summed E-state index contributed by atoms with van der Waals surface area (Å²) in [7, 11) is 6.12. The summed E-state index contributed by atoms with van der Waals surface area (Å²) in [5.74, 6) is 1.23. The van der Waals surface area contributed by atoms with Crippen molar-refractivity contribution in [2.45, 2.75) is 38.6 Å². The number of aromatic amines is 1. The highest BCUT2D eigenvalue weighted by Crippen LogP contribution is 2.36. The lowest BCUT2D eigenvalue weighted by atomic mass is 9.78. The van der Waals surface area contributed by atoms with E-state index in [9.17, 15) is 9.59 Å². The number of anilines is 2. The Morgan fingerprint density at radius 2 is 1.82 bits per heavy atom. The molecular formula is C25H35N7O2. The number of carbonyl (C=O) groups excluding carboxylic acids is 1. The number of fused-ring (bicyclic) bond motifs is 1. The van der Waals surface area contributed by atoms with Crippen molar-refractivity contribution in [1.82, 2.24) is 24.4 Å². The van der Waals surface area contributed by atoms with Crippen LogP contribution in [0.4, 0.5) is 11.5 Å². The van der Waals surface area contributed by atoms with E-state index >= 15 is 0 Å². The summed E-state index contributed by atoms with van der Waals surface area (Å²) < 4.78 is 1.81. The third kappa shape index (κ3) is 5.30. The Morgan fingerprint density at radius 1 is 1.12 bits per heavy atom. The van der Waals surface area contributed by atoms with Crippen LogP contribution in [0.1, 0.15) is 38.6 Å². The second-order valence-electron chi connectivity index (χ2n) is 9.64. The van der Waals surface area contributed by atoms with Gasteiger partial charge in [0.1, 0.15) is 5.82 Å². The second kappa shape index (κ2) is 10.4. The molecule has 4 rings (SSSR count). The van der Waals surface area contributed by atoms with Gasteiger partial charge in [-0.1, -0.05) is 0 Å². The molecule has 3 heterocycles. The van der Waals surface area contributed by atoms with Gasteiger partial charge in [-0.05, 0) is 76.9 Å². The van der Waals surface area contributed by atoms with Gasteiger partial charge in [-0.25, -0.2) is 9.78 Å². The molecule has 2 N–H and O–H groups in total. The highest BCUT2D eigenvalue weighted by atomic mass is 16.2. The fourth-order valence-electron chi connectivity index (χ4n) is 4.80. The predicted molar refractivity (Wildman–Crippen MR) is 135 cm³/mol. The van der Waals surface area contributed by atoms with E-state index < -0.39 is 0 Å². The lowest BCUT2D eigenvalue weighted by Gasteiger charge is -2.32. The maximum Gasteiger partial charge on any atom is 0.327 e. The molecule has 0 saturated heterocycles. The number of carbonyl (C=O) groups is 1. The summed E-state index contributed by atoms with van der Waals surface area (Å²) in [5.41, 5.74) is 2.11. The van der Waals surface area contributed by atoms with Crippen molar-refractivity contribution in [2.24, 2.45) is 11.8 Å². The Hall–Kier alpha value is -3.20. The number of amides is 1. The predicted octanol–water partition coefficient (Wildman–Crippen LogP) is 3.12. The van der Waals surface area contributed by atoms with Crippen molar-refractivity contribution < 1.29 is 4.79 Å². The third-order valence-corrected chi connectivity index (χ3v) is 7.00. The van der Waals surface area contributed by atoms with E-state index in [0.29, 0.717) is 11.6 Å². The van der Waals surface area contributed by atoms with Gasteiger partial charge in [-0.2, -0.15) is 0 Å². The molecular weight excluding hydrogens is 430 g/mol. The summed E-state index contributed by atoms with van der Waals surface area (Å²) in [6, 6.07) is 7.49. The monoisotopic (exact) mass is 465 g/mol. The highest BCUT2D eigenvalue weighted by Gasteiger charge is 2.31. The van der Waals surface area contributed by atoms with Crippen molar-refractivity contribution >= 4 is 28.6 Å². The molecule has 1 aliphatic carbocycles. The summed E-state index contributed by atoms with van der Waals surface area (Å²) in [4.78, 5) is 41.6. The van der Waals surface area contributed by atoms with Gasteiger partial charge >= 0.3 is 5.69 Å². The third-order valence-electron chi connectivity index (χ3n) is 7.00. The molecule has 1 atom stereocenters. The number of H-pyrrole nitrogens is 1. The first-order valence-electron chi connectivity index (χ1n) is 12.0. The van der Waals surface area contributed by atoms with Gasteiger partial charge in [-0.15, -0.1) is 0 Å². The first-order chi connectivity index (χ1) is 16.3. The van der Waals surface area contributed by atoms with Crippen LogP contribution >= 0.6 is 0 Å². The maximum atomic E-state index is 12.9.